The van der Waals surface area contributed by atoms with Crippen molar-refractivity contribution < 1.29 is 18.8 Å². The van der Waals surface area contributed by atoms with Gasteiger partial charge in [-0.05, 0) is 37.4 Å². The van der Waals surface area contributed by atoms with Gasteiger partial charge in [-0.2, -0.15) is 0 Å². The molecule has 2 aliphatic rings. The summed E-state index contributed by atoms with van der Waals surface area (Å²) in [4.78, 5) is 42.4. The molecule has 1 aliphatic heterocycles. The second kappa shape index (κ2) is 13.5. The molecule has 0 bridgehead atoms. The molecule has 206 valence electrons. The number of rotatable bonds is 8. The van der Waals surface area contributed by atoms with E-state index in [-0.39, 0.29) is 34.9 Å². The largest absolute Gasteiger partial charge is 0.344 e. The van der Waals surface area contributed by atoms with Gasteiger partial charge in [-0.15, -0.1) is 0 Å². The summed E-state index contributed by atoms with van der Waals surface area (Å²) in [6.45, 7) is 6.03. The summed E-state index contributed by atoms with van der Waals surface area (Å²) in [7, 11) is 1.99. The minimum Gasteiger partial charge on any atom is -0.344 e. The number of piperazine rings is 1. The van der Waals surface area contributed by atoms with Gasteiger partial charge in [-0.1, -0.05) is 57.2 Å². The van der Waals surface area contributed by atoms with Crippen LogP contribution in [0.1, 0.15) is 70.3 Å². The smallest absolute Gasteiger partial charge is 0.245 e. The Morgan fingerprint density at radius 2 is 1.73 bits per heavy atom. The Labute approximate surface area is 224 Å². The number of anilines is 1. The Balaban J connectivity index is 1.78. The molecule has 1 heterocycles. The van der Waals surface area contributed by atoms with Crippen LogP contribution >= 0.6 is 11.6 Å². The number of hydrogen-bond acceptors (Lipinski definition) is 5. The third-order valence-corrected chi connectivity index (χ3v) is 8.17. The van der Waals surface area contributed by atoms with Crippen molar-refractivity contribution in [1.29, 1.82) is 0 Å². The van der Waals surface area contributed by atoms with Crippen LogP contribution in [0.15, 0.2) is 12.1 Å². The monoisotopic (exact) mass is 537 g/mol. The third-order valence-electron chi connectivity index (χ3n) is 7.79. The molecule has 1 aromatic rings. The van der Waals surface area contributed by atoms with E-state index in [1.807, 2.05) is 7.05 Å². The van der Waals surface area contributed by atoms with Gasteiger partial charge in [0.05, 0.1) is 16.8 Å². The lowest BCUT2D eigenvalue weighted by Crippen LogP contribution is -2.55. The van der Waals surface area contributed by atoms with Gasteiger partial charge in [0.15, 0.2) is 5.82 Å². The van der Waals surface area contributed by atoms with Gasteiger partial charge in [0.2, 0.25) is 17.7 Å². The zero-order valence-corrected chi connectivity index (χ0v) is 23.0. The standard InChI is InChI=1S/C27H41ClFN5O3/c1-4-21(35)32-25(27(37)34-15-13-33(3)14-16-34)17(2)19-11-12-20(23(29)22(19)28)31-26(36)24(30)18-9-7-5-6-8-10-18/h11-12,17-18,24-25H,4-10,13-16,30H2,1-3H3,(H,31,36)(H,32,35)/t17-,24-,25+/m0/s1. The summed E-state index contributed by atoms with van der Waals surface area (Å²) < 4.78 is 15.4. The molecule has 0 unspecified atom stereocenters. The predicted molar refractivity (Wildman–Crippen MR) is 144 cm³/mol. The van der Waals surface area contributed by atoms with Crippen LogP contribution in [0.25, 0.3) is 0 Å². The van der Waals surface area contributed by atoms with Crippen molar-refractivity contribution in [1.82, 2.24) is 15.1 Å². The minimum atomic E-state index is -0.892. The highest BCUT2D eigenvalue weighted by Gasteiger charge is 2.34. The summed E-state index contributed by atoms with van der Waals surface area (Å²) in [6, 6.07) is 1.44. The molecule has 2 fully saturated rings. The van der Waals surface area contributed by atoms with Crippen LogP contribution in [0, 0.1) is 11.7 Å². The Morgan fingerprint density at radius 3 is 2.32 bits per heavy atom. The lowest BCUT2D eigenvalue weighted by atomic mass is 9.90. The first-order chi connectivity index (χ1) is 17.6. The van der Waals surface area contributed by atoms with E-state index in [4.69, 9.17) is 17.3 Å². The molecule has 1 aliphatic carbocycles. The number of nitrogens with zero attached hydrogens (tertiary/aromatic N) is 2. The van der Waals surface area contributed by atoms with Crippen molar-refractivity contribution in [2.45, 2.75) is 76.8 Å². The highest BCUT2D eigenvalue weighted by molar-refractivity contribution is 6.32. The predicted octanol–water partition coefficient (Wildman–Crippen LogP) is 3.49. The van der Waals surface area contributed by atoms with Crippen molar-refractivity contribution in [2.75, 3.05) is 38.5 Å². The van der Waals surface area contributed by atoms with Crippen LogP contribution in [0.5, 0.6) is 0 Å². The van der Waals surface area contributed by atoms with Crippen LogP contribution < -0.4 is 16.4 Å². The molecule has 1 saturated carbocycles. The fourth-order valence-electron chi connectivity index (χ4n) is 5.19. The van der Waals surface area contributed by atoms with Crippen molar-refractivity contribution in [2.24, 2.45) is 11.7 Å². The van der Waals surface area contributed by atoms with Crippen LogP contribution in [-0.2, 0) is 14.4 Å². The molecule has 3 atom stereocenters. The molecule has 3 rings (SSSR count). The number of carbonyl (C=O) groups excluding carboxylic acids is 3. The first-order valence-corrected chi connectivity index (χ1v) is 13.8. The van der Waals surface area contributed by atoms with Gasteiger partial charge in [0.1, 0.15) is 6.04 Å². The SMILES string of the molecule is CCC(=O)N[C@@H](C(=O)N1CCN(C)CC1)[C@@H](C)c1ccc(NC(=O)[C@@H](N)C2CCCCCC2)c(F)c1Cl. The Morgan fingerprint density at radius 1 is 1.11 bits per heavy atom. The topological polar surface area (TPSA) is 108 Å². The first-order valence-electron chi connectivity index (χ1n) is 13.4. The average molecular weight is 538 g/mol. The van der Waals surface area contributed by atoms with E-state index in [1.165, 1.54) is 6.07 Å². The first kappa shape index (κ1) is 29.3. The minimum absolute atomic E-state index is 0.0467. The number of halogens is 2. The molecule has 4 N–H and O–H groups in total. The van der Waals surface area contributed by atoms with Crippen LogP contribution in [-0.4, -0.2) is 72.8 Å². The number of benzene rings is 1. The number of carbonyl (C=O) groups is 3. The summed E-state index contributed by atoms with van der Waals surface area (Å²) in [6.07, 6.45) is 6.37. The normalized spacial score (nSPS) is 20.0. The van der Waals surface area contributed by atoms with Gasteiger partial charge < -0.3 is 26.2 Å². The van der Waals surface area contributed by atoms with Gasteiger partial charge in [0.25, 0.3) is 0 Å². The lowest BCUT2D eigenvalue weighted by molar-refractivity contribution is -0.138. The maximum atomic E-state index is 15.4. The molecule has 3 amide bonds. The van der Waals surface area contributed by atoms with Crippen LogP contribution in [0.4, 0.5) is 10.1 Å². The molecule has 0 spiro atoms. The van der Waals surface area contributed by atoms with Crippen molar-refractivity contribution in [3.63, 3.8) is 0 Å². The van der Waals surface area contributed by atoms with E-state index in [0.717, 1.165) is 51.6 Å². The second-order valence-corrected chi connectivity index (χ2v) is 10.8. The molecular weight excluding hydrogens is 497 g/mol. The van der Waals surface area contributed by atoms with E-state index in [9.17, 15) is 14.4 Å². The van der Waals surface area contributed by atoms with Crippen molar-refractivity contribution in [3.05, 3.63) is 28.5 Å². The summed E-state index contributed by atoms with van der Waals surface area (Å²) in [5, 5.41) is 5.24. The van der Waals surface area contributed by atoms with Crippen molar-refractivity contribution in [3.8, 4) is 0 Å². The number of likely N-dealkylation sites (N-methyl/N-ethyl adjacent to an activating group) is 1. The Hall–Kier alpha value is -2.23. The number of nitrogens with one attached hydrogen (secondary N) is 2. The molecule has 10 heteroatoms. The van der Waals surface area contributed by atoms with E-state index in [1.54, 1.807) is 24.8 Å². The van der Waals surface area contributed by atoms with Crippen LogP contribution in [0.3, 0.4) is 0 Å². The highest BCUT2D eigenvalue weighted by atomic mass is 35.5. The summed E-state index contributed by atoms with van der Waals surface area (Å²) in [5.74, 6) is -2.22. The fraction of sp³-hybridized carbons (Fsp3) is 0.667. The molecule has 37 heavy (non-hydrogen) atoms. The Bertz CT molecular complexity index is 962. The van der Waals surface area contributed by atoms with E-state index in [2.05, 4.69) is 15.5 Å². The molecule has 8 nitrogen and oxygen atoms in total. The summed E-state index contributed by atoms with van der Waals surface area (Å²) in [5.41, 5.74) is 6.57. The maximum absolute atomic E-state index is 15.4. The maximum Gasteiger partial charge on any atom is 0.245 e. The van der Waals surface area contributed by atoms with Crippen LogP contribution in [0.2, 0.25) is 5.02 Å². The quantitative estimate of drug-likeness (QED) is 0.440. The zero-order valence-electron chi connectivity index (χ0n) is 22.2. The lowest BCUT2D eigenvalue weighted by Gasteiger charge is -2.36. The number of amides is 3. The van der Waals surface area contributed by atoms with Crippen molar-refractivity contribution >= 4 is 35.0 Å². The molecule has 0 aromatic heterocycles. The molecular formula is C27H41ClFN5O3. The second-order valence-electron chi connectivity index (χ2n) is 10.4. The molecule has 1 saturated heterocycles. The van der Waals surface area contributed by atoms with E-state index < -0.39 is 29.7 Å². The average Bonchev–Trinajstić information content (AvgIpc) is 3.18. The number of nitrogens with two attached hydrogens (primary N) is 1. The zero-order chi connectivity index (χ0) is 27.1. The van der Waals surface area contributed by atoms with E-state index >= 15 is 4.39 Å². The van der Waals surface area contributed by atoms with Gasteiger partial charge in [-0.25, -0.2) is 4.39 Å². The van der Waals surface area contributed by atoms with Gasteiger partial charge >= 0.3 is 0 Å². The Kier molecular flexibility index (Phi) is 10.7. The molecule has 0 radical (unpaired) electrons. The third kappa shape index (κ3) is 7.42. The fourth-order valence-corrected chi connectivity index (χ4v) is 5.53. The number of hydrogen-bond donors (Lipinski definition) is 3. The van der Waals surface area contributed by atoms with Gasteiger partial charge in [-0.3, -0.25) is 14.4 Å². The molecule has 1 aromatic carbocycles. The highest BCUT2D eigenvalue weighted by Crippen LogP contribution is 2.34. The van der Waals surface area contributed by atoms with Gasteiger partial charge in [0, 0.05) is 38.5 Å². The van der Waals surface area contributed by atoms with E-state index in [0.29, 0.717) is 18.7 Å². The summed E-state index contributed by atoms with van der Waals surface area (Å²) >= 11 is 6.45.